The zero-order valence-corrected chi connectivity index (χ0v) is 19.5. The summed E-state index contributed by atoms with van der Waals surface area (Å²) in [5.74, 6) is 0.434. The highest BCUT2D eigenvalue weighted by Gasteiger charge is 2.14. The van der Waals surface area contributed by atoms with E-state index in [4.69, 9.17) is 10.7 Å². The number of benzene rings is 2. The van der Waals surface area contributed by atoms with Crippen molar-refractivity contribution in [2.75, 3.05) is 6.54 Å². The zero-order chi connectivity index (χ0) is 23.6. The second-order valence-corrected chi connectivity index (χ2v) is 7.76. The molecule has 0 radical (unpaired) electrons. The summed E-state index contributed by atoms with van der Waals surface area (Å²) >= 11 is 0. The molecular weight excluding hydrogens is 404 g/mol. The van der Waals surface area contributed by atoms with E-state index in [2.05, 4.69) is 40.8 Å². The molecule has 0 unspecified atom stereocenters. The summed E-state index contributed by atoms with van der Waals surface area (Å²) in [5, 5.41) is 0. The molecule has 0 aliphatic heterocycles. The van der Waals surface area contributed by atoms with Crippen molar-refractivity contribution in [1.29, 1.82) is 0 Å². The smallest absolute Gasteiger partial charge is 0.128 e. The highest BCUT2D eigenvalue weighted by atomic mass is 14.9. The van der Waals surface area contributed by atoms with Gasteiger partial charge in [0.05, 0.1) is 12.2 Å². The molecular formula is C29H30N4. The van der Waals surface area contributed by atoms with Crippen LogP contribution in [0.5, 0.6) is 0 Å². The van der Waals surface area contributed by atoms with Crippen molar-refractivity contribution >= 4 is 17.2 Å². The lowest BCUT2D eigenvalue weighted by Gasteiger charge is -2.14. The van der Waals surface area contributed by atoms with Crippen molar-refractivity contribution in [2.24, 2.45) is 15.7 Å². The van der Waals surface area contributed by atoms with Crippen LogP contribution in [0.3, 0.4) is 0 Å². The van der Waals surface area contributed by atoms with Crippen LogP contribution in [0.15, 0.2) is 113 Å². The summed E-state index contributed by atoms with van der Waals surface area (Å²) in [7, 11) is 0. The molecule has 0 fully saturated rings. The van der Waals surface area contributed by atoms with Gasteiger partial charge in [0.25, 0.3) is 0 Å². The van der Waals surface area contributed by atoms with Crippen molar-refractivity contribution in [1.82, 2.24) is 4.98 Å². The van der Waals surface area contributed by atoms with Gasteiger partial charge in [0.15, 0.2) is 0 Å². The van der Waals surface area contributed by atoms with E-state index < -0.39 is 0 Å². The van der Waals surface area contributed by atoms with E-state index in [9.17, 15) is 0 Å². The second-order valence-electron chi connectivity index (χ2n) is 7.76. The zero-order valence-electron chi connectivity index (χ0n) is 19.5. The van der Waals surface area contributed by atoms with Crippen molar-refractivity contribution < 1.29 is 0 Å². The number of pyridine rings is 1. The number of aryl methyl sites for hydroxylation is 1. The lowest BCUT2D eigenvalue weighted by atomic mass is 9.97. The van der Waals surface area contributed by atoms with Crippen molar-refractivity contribution in [3.05, 3.63) is 120 Å². The number of nitrogens with zero attached hydrogens (tertiary/aromatic N) is 3. The maximum absolute atomic E-state index is 6.56. The van der Waals surface area contributed by atoms with E-state index >= 15 is 0 Å². The molecule has 4 heteroatoms. The van der Waals surface area contributed by atoms with Crippen LogP contribution in [0.4, 0.5) is 5.69 Å². The maximum Gasteiger partial charge on any atom is 0.128 e. The molecule has 0 saturated carbocycles. The number of rotatable bonds is 8. The van der Waals surface area contributed by atoms with Crippen LogP contribution in [-0.2, 0) is 0 Å². The monoisotopic (exact) mass is 434 g/mol. The molecule has 0 bridgehead atoms. The fraction of sp³-hybridized carbons (Fsp3) is 0.138. The van der Waals surface area contributed by atoms with E-state index in [0.717, 1.165) is 44.8 Å². The molecule has 1 heterocycles. The Hall–Kier alpha value is -4.05. The third-order valence-corrected chi connectivity index (χ3v) is 5.05. The highest BCUT2D eigenvalue weighted by molar-refractivity contribution is 6.09. The molecule has 3 rings (SSSR count). The number of hydrogen-bond acceptors (Lipinski definition) is 3. The Morgan fingerprint density at radius 3 is 2.58 bits per heavy atom. The SMILES string of the molecule is C=C(/C=C\C=C/C)CN=C(N)c1c(N=C(C)c2cncc(C)c2)cccc1-c1ccccc1. The molecule has 0 saturated heterocycles. The molecule has 1 aromatic heterocycles. The predicted octanol–water partition coefficient (Wildman–Crippen LogP) is 6.59. The van der Waals surface area contributed by atoms with E-state index in [1.54, 1.807) is 0 Å². The fourth-order valence-electron chi connectivity index (χ4n) is 3.38. The van der Waals surface area contributed by atoms with Crippen molar-refractivity contribution in [3.63, 3.8) is 0 Å². The van der Waals surface area contributed by atoms with Gasteiger partial charge in [-0.15, -0.1) is 0 Å². The summed E-state index contributed by atoms with van der Waals surface area (Å²) in [6.07, 6.45) is 11.5. The van der Waals surface area contributed by atoms with E-state index in [1.165, 1.54) is 0 Å². The third-order valence-electron chi connectivity index (χ3n) is 5.05. The molecule has 2 aromatic carbocycles. The minimum absolute atomic E-state index is 0.410. The molecule has 3 aromatic rings. The molecule has 166 valence electrons. The Morgan fingerprint density at radius 2 is 1.85 bits per heavy atom. The van der Waals surface area contributed by atoms with Crippen LogP contribution in [-0.4, -0.2) is 23.1 Å². The first-order chi connectivity index (χ1) is 16.0. The summed E-state index contributed by atoms with van der Waals surface area (Å²) < 4.78 is 0. The summed E-state index contributed by atoms with van der Waals surface area (Å²) in [6.45, 7) is 10.5. The van der Waals surface area contributed by atoms with Crippen LogP contribution < -0.4 is 5.73 Å². The van der Waals surface area contributed by atoms with Gasteiger partial charge in [-0.25, -0.2) is 0 Å². The lowest BCUT2D eigenvalue weighted by molar-refractivity contribution is 1.18. The Labute approximate surface area is 196 Å². The number of amidine groups is 1. The molecule has 0 atom stereocenters. The topological polar surface area (TPSA) is 63.6 Å². The summed E-state index contributed by atoms with van der Waals surface area (Å²) in [4.78, 5) is 13.9. The van der Waals surface area contributed by atoms with Gasteiger partial charge >= 0.3 is 0 Å². The third kappa shape index (κ3) is 6.47. The van der Waals surface area contributed by atoms with Gasteiger partial charge in [0.2, 0.25) is 0 Å². The van der Waals surface area contributed by atoms with Crippen molar-refractivity contribution in [2.45, 2.75) is 20.8 Å². The van der Waals surface area contributed by atoms with Crippen LogP contribution in [0.25, 0.3) is 11.1 Å². The minimum atomic E-state index is 0.410. The quantitative estimate of drug-likeness (QED) is 0.247. The number of aromatic nitrogens is 1. The number of hydrogen-bond donors (Lipinski definition) is 1. The van der Waals surface area contributed by atoms with Gasteiger partial charge in [0, 0.05) is 29.2 Å². The van der Waals surface area contributed by atoms with Gasteiger partial charge in [-0.1, -0.05) is 73.3 Å². The first-order valence-corrected chi connectivity index (χ1v) is 10.9. The molecule has 2 N–H and O–H groups in total. The molecule has 0 aliphatic carbocycles. The predicted molar refractivity (Wildman–Crippen MR) is 141 cm³/mol. The fourth-order valence-corrected chi connectivity index (χ4v) is 3.38. The average molecular weight is 435 g/mol. The Bertz CT molecular complexity index is 1230. The van der Waals surface area contributed by atoms with Crippen LogP contribution in [0, 0.1) is 6.92 Å². The number of nitrogens with two attached hydrogens (primary N) is 1. The Kier molecular flexibility index (Phi) is 8.25. The first kappa shape index (κ1) is 23.6. The highest BCUT2D eigenvalue weighted by Crippen LogP contribution is 2.31. The van der Waals surface area contributed by atoms with Gasteiger partial charge in [-0.2, -0.15) is 0 Å². The van der Waals surface area contributed by atoms with E-state index in [1.807, 2.05) is 87.8 Å². The standard InChI is InChI=1S/C29H30N4/c1-5-6-8-12-21(2)19-32-29(30)28-26(24-13-9-7-10-14-24)15-11-16-27(28)33-23(4)25-17-22(3)18-31-20-25/h5-18,20H,2,19H2,1,3-4H3,(H2,30,32)/b6-5-,12-8-,33-23?. The number of aliphatic imine (C=N–C) groups is 2. The lowest BCUT2D eigenvalue weighted by Crippen LogP contribution is -2.16. The summed E-state index contributed by atoms with van der Waals surface area (Å²) in [5.41, 5.74) is 14.0. The normalized spacial score (nSPS) is 12.6. The van der Waals surface area contributed by atoms with Gasteiger partial charge < -0.3 is 5.73 Å². The van der Waals surface area contributed by atoms with Crippen molar-refractivity contribution in [3.8, 4) is 11.1 Å². The molecule has 33 heavy (non-hydrogen) atoms. The molecule has 0 amide bonds. The van der Waals surface area contributed by atoms with Gasteiger partial charge in [0.1, 0.15) is 5.84 Å². The molecule has 4 nitrogen and oxygen atoms in total. The number of allylic oxidation sites excluding steroid dienone is 3. The van der Waals surface area contributed by atoms with Crippen LogP contribution >= 0.6 is 0 Å². The summed E-state index contributed by atoms with van der Waals surface area (Å²) in [6, 6.07) is 18.3. The maximum atomic E-state index is 6.56. The van der Waals surface area contributed by atoms with E-state index in [0.29, 0.717) is 12.4 Å². The van der Waals surface area contributed by atoms with Crippen LogP contribution in [0.2, 0.25) is 0 Å². The largest absolute Gasteiger partial charge is 0.383 e. The Balaban J connectivity index is 2.08. The average Bonchev–Trinajstić information content (AvgIpc) is 2.83. The van der Waals surface area contributed by atoms with Crippen LogP contribution in [0.1, 0.15) is 30.5 Å². The van der Waals surface area contributed by atoms with E-state index in [-0.39, 0.29) is 0 Å². The Morgan fingerprint density at radius 1 is 1.06 bits per heavy atom. The molecule has 0 spiro atoms. The second kappa shape index (κ2) is 11.5. The van der Waals surface area contributed by atoms with Gasteiger partial charge in [-0.3, -0.25) is 15.0 Å². The first-order valence-electron chi connectivity index (χ1n) is 10.9. The van der Waals surface area contributed by atoms with Gasteiger partial charge in [-0.05, 0) is 55.2 Å². The minimum Gasteiger partial charge on any atom is -0.383 e. The molecule has 0 aliphatic rings.